The molecule has 8 heteroatoms. The van der Waals surface area contributed by atoms with Crippen LogP contribution in [0.5, 0.6) is 11.5 Å². The predicted molar refractivity (Wildman–Crippen MR) is 105 cm³/mol. The highest BCUT2D eigenvalue weighted by molar-refractivity contribution is 9.10. The standard InChI is InChI=1S/C18H13BrN4O2S/c1-10-17(23-7-11(19)2-5-16(23)20-10)13-8-26-18(22-13)21-12-3-4-14-15(6-12)25-9-24-14/h2-8H,9H2,1H3,(H,21,22). The number of fused-ring (bicyclic) bond motifs is 2. The third-order valence-corrected chi connectivity index (χ3v) is 5.35. The Hall–Kier alpha value is -2.58. The lowest BCUT2D eigenvalue weighted by atomic mass is 10.3. The minimum Gasteiger partial charge on any atom is -0.454 e. The normalized spacial score (nSPS) is 12.7. The Balaban J connectivity index is 1.49. The van der Waals surface area contributed by atoms with Gasteiger partial charge in [-0.05, 0) is 47.1 Å². The molecule has 0 fully saturated rings. The van der Waals surface area contributed by atoms with Gasteiger partial charge in [0.05, 0.1) is 11.4 Å². The van der Waals surface area contributed by atoms with Gasteiger partial charge in [0.1, 0.15) is 11.3 Å². The van der Waals surface area contributed by atoms with E-state index in [1.807, 2.05) is 48.8 Å². The summed E-state index contributed by atoms with van der Waals surface area (Å²) in [7, 11) is 0. The zero-order valence-corrected chi connectivity index (χ0v) is 16.1. The van der Waals surface area contributed by atoms with Gasteiger partial charge in [-0.25, -0.2) is 9.97 Å². The number of nitrogens with zero attached hydrogens (tertiary/aromatic N) is 3. The Morgan fingerprint density at radius 1 is 1.15 bits per heavy atom. The summed E-state index contributed by atoms with van der Waals surface area (Å²) in [6.07, 6.45) is 2.01. The highest BCUT2D eigenvalue weighted by atomic mass is 79.9. The van der Waals surface area contributed by atoms with E-state index in [-0.39, 0.29) is 6.79 Å². The van der Waals surface area contributed by atoms with E-state index < -0.39 is 0 Å². The summed E-state index contributed by atoms with van der Waals surface area (Å²) in [5.74, 6) is 1.51. The van der Waals surface area contributed by atoms with Gasteiger partial charge in [-0.1, -0.05) is 0 Å². The Bertz CT molecular complexity index is 1140. The maximum absolute atomic E-state index is 5.42. The zero-order chi connectivity index (χ0) is 17.7. The zero-order valence-electron chi connectivity index (χ0n) is 13.7. The third kappa shape index (κ3) is 2.62. The number of aromatic nitrogens is 3. The molecule has 1 aliphatic heterocycles. The first-order valence-electron chi connectivity index (χ1n) is 7.94. The fraction of sp³-hybridized carbons (Fsp3) is 0.111. The average Bonchev–Trinajstić information content (AvgIpc) is 3.32. The Morgan fingerprint density at radius 3 is 2.96 bits per heavy atom. The molecule has 3 aromatic heterocycles. The molecule has 5 rings (SSSR count). The van der Waals surface area contributed by atoms with Crippen molar-refractivity contribution in [3.8, 4) is 22.9 Å². The van der Waals surface area contributed by atoms with E-state index >= 15 is 0 Å². The maximum Gasteiger partial charge on any atom is 0.231 e. The molecule has 0 aliphatic carbocycles. The van der Waals surface area contributed by atoms with Crippen LogP contribution in [0.25, 0.3) is 17.0 Å². The molecule has 1 aliphatic rings. The van der Waals surface area contributed by atoms with Crippen LogP contribution >= 0.6 is 27.3 Å². The second kappa shape index (κ2) is 6.00. The van der Waals surface area contributed by atoms with Gasteiger partial charge in [-0.3, -0.25) is 4.40 Å². The van der Waals surface area contributed by atoms with Gasteiger partial charge in [-0.15, -0.1) is 11.3 Å². The highest BCUT2D eigenvalue weighted by Crippen LogP contribution is 2.36. The Labute approximate surface area is 161 Å². The molecule has 6 nitrogen and oxygen atoms in total. The summed E-state index contributed by atoms with van der Waals surface area (Å²) in [4.78, 5) is 9.36. The largest absolute Gasteiger partial charge is 0.454 e. The molecule has 26 heavy (non-hydrogen) atoms. The van der Waals surface area contributed by atoms with Crippen molar-refractivity contribution in [3.63, 3.8) is 0 Å². The second-order valence-corrected chi connectivity index (χ2v) is 7.63. The van der Waals surface area contributed by atoms with Crippen molar-refractivity contribution in [3.05, 3.63) is 52.1 Å². The van der Waals surface area contributed by atoms with Gasteiger partial charge in [0.25, 0.3) is 0 Å². The number of rotatable bonds is 3. The van der Waals surface area contributed by atoms with E-state index in [9.17, 15) is 0 Å². The van der Waals surface area contributed by atoms with E-state index in [2.05, 4.69) is 30.6 Å². The number of aryl methyl sites for hydroxylation is 1. The van der Waals surface area contributed by atoms with Crippen LogP contribution in [0.4, 0.5) is 10.8 Å². The van der Waals surface area contributed by atoms with E-state index in [4.69, 9.17) is 14.5 Å². The van der Waals surface area contributed by atoms with E-state index in [0.29, 0.717) is 0 Å². The van der Waals surface area contributed by atoms with Gasteiger partial charge >= 0.3 is 0 Å². The van der Waals surface area contributed by atoms with Crippen LogP contribution in [-0.2, 0) is 0 Å². The van der Waals surface area contributed by atoms with Gasteiger partial charge in [0.15, 0.2) is 16.6 Å². The molecule has 1 N–H and O–H groups in total. The van der Waals surface area contributed by atoms with Gasteiger partial charge < -0.3 is 14.8 Å². The summed E-state index contributed by atoms with van der Waals surface area (Å²) in [6, 6.07) is 9.73. The summed E-state index contributed by atoms with van der Waals surface area (Å²) in [5, 5.41) is 6.17. The smallest absolute Gasteiger partial charge is 0.231 e. The fourth-order valence-electron chi connectivity index (χ4n) is 2.98. The van der Waals surface area contributed by atoms with E-state index in [1.165, 1.54) is 0 Å². The van der Waals surface area contributed by atoms with Gasteiger partial charge in [0, 0.05) is 27.8 Å². The molecule has 0 saturated heterocycles. The van der Waals surface area contributed by atoms with Crippen LogP contribution < -0.4 is 14.8 Å². The minimum absolute atomic E-state index is 0.267. The molecule has 130 valence electrons. The van der Waals surface area contributed by atoms with E-state index in [1.54, 1.807) is 11.3 Å². The number of pyridine rings is 1. The molecule has 1 aromatic carbocycles. The van der Waals surface area contributed by atoms with Crippen LogP contribution in [0.1, 0.15) is 5.69 Å². The maximum atomic E-state index is 5.42. The number of imidazole rings is 1. The third-order valence-electron chi connectivity index (χ3n) is 4.13. The molecule has 0 saturated carbocycles. The quantitative estimate of drug-likeness (QED) is 0.497. The first-order valence-corrected chi connectivity index (χ1v) is 9.61. The lowest BCUT2D eigenvalue weighted by molar-refractivity contribution is 0.174. The number of thiazole rings is 1. The van der Waals surface area contributed by atoms with Crippen LogP contribution in [0.15, 0.2) is 46.4 Å². The topological polar surface area (TPSA) is 60.7 Å². The molecule has 0 atom stereocenters. The summed E-state index contributed by atoms with van der Waals surface area (Å²) in [5.41, 5.74) is 4.65. The lowest BCUT2D eigenvalue weighted by Crippen LogP contribution is -1.93. The molecular formula is C18H13BrN4O2S. The summed E-state index contributed by atoms with van der Waals surface area (Å²) >= 11 is 5.07. The van der Waals surface area contributed by atoms with Crippen molar-refractivity contribution in [2.24, 2.45) is 0 Å². The SMILES string of the molecule is Cc1nc2ccc(Br)cn2c1-c1csc(Nc2ccc3c(c2)OCO3)n1. The number of nitrogens with one attached hydrogen (secondary N) is 1. The van der Waals surface area contributed by atoms with Gasteiger partial charge in [-0.2, -0.15) is 0 Å². The lowest BCUT2D eigenvalue weighted by Gasteiger charge is -2.04. The Morgan fingerprint density at radius 2 is 2.04 bits per heavy atom. The molecular weight excluding hydrogens is 416 g/mol. The number of anilines is 2. The molecule has 0 amide bonds. The molecule has 0 unspecified atom stereocenters. The number of ether oxygens (including phenoxy) is 2. The molecule has 0 radical (unpaired) electrons. The van der Waals surface area contributed by atoms with E-state index in [0.717, 1.165) is 49.5 Å². The second-order valence-electron chi connectivity index (χ2n) is 5.85. The minimum atomic E-state index is 0.267. The summed E-state index contributed by atoms with van der Waals surface area (Å²) in [6.45, 7) is 2.27. The highest BCUT2D eigenvalue weighted by Gasteiger charge is 2.16. The van der Waals surface area contributed by atoms with Gasteiger partial charge in [0.2, 0.25) is 6.79 Å². The van der Waals surface area contributed by atoms with Crippen molar-refractivity contribution in [2.75, 3.05) is 12.1 Å². The van der Waals surface area contributed by atoms with Crippen molar-refractivity contribution in [1.29, 1.82) is 0 Å². The molecule has 0 bridgehead atoms. The Kier molecular flexibility index (Phi) is 3.61. The number of halogens is 1. The molecule has 0 spiro atoms. The van der Waals surface area contributed by atoms with Crippen LogP contribution in [-0.4, -0.2) is 21.2 Å². The van der Waals surface area contributed by atoms with Crippen molar-refractivity contribution < 1.29 is 9.47 Å². The van der Waals surface area contributed by atoms with Crippen molar-refractivity contribution >= 4 is 43.7 Å². The monoisotopic (exact) mass is 428 g/mol. The molecule has 4 aromatic rings. The number of benzene rings is 1. The first-order chi connectivity index (χ1) is 12.7. The van der Waals surface area contributed by atoms with Crippen molar-refractivity contribution in [1.82, 2.24) is 14.4 Å². The molecule has 4 heterocycles. The predicted octanol–water partition coefficient (Wildman–Crippen LogP) is 5.00. The number of hydrogen-bond donors (Lipinski definition) is 1. The average molecular weight is 429 g/mol. The number of hydrogen-bond acceptors (Lipinski definition) is 6. The van der Waals surface area contributed by atoms with Crippen LogP contribution in [0.2, 0.25) is 0 Å². The van der Waals surface area contributed by atoms with Crippen molar-refractivity contribution in [2.45, 2.75) is 6.92 Å². The fourth-order valence-corrected chi connectivity index (χ4v) is 4.04. The van der Waals surface area contributed by atoms with Crippen LogP contribution in [0, 0.1) is 6.92 Å². The first kappa shape index (κ1) is 15.7. The summed E-state index contributed by atoms with van der Waals surface area (Å²) < 4.78 is 13.8. The van der Waals surface area contributed by atoms with Crippen LogP contribution in [0.3, 0.4) is 0 Å².